The van der Waals surface area contributed by atoms with E-state index in [1.165, 1.54) is 15.6 Å². The second-order valence-electron chi connectivity index (χ2n) is 7.72. The van der Waals surface area contributed by atoms with E-state index >= 15 is 0 Å². The van der Waals surface area contributed by atoms with Crippen molar-refractivity contribution in [1.82, 2.24) is 0 Å². The third-order valence-electron chi connectivity index (χ3n) is 6.20. The van der Waals surface area contributed by atoms with Gasteiger partial charge in [-0.3, -0.25) is 0 Å². The molecule has 0 fully saturated rings. The maximum absolute atomic E-state index is 3.13. The fourth-order valence-electron chi connectivity index (χ4n) is 4.96. The van der Waals surface area contributed by atoms with Gasteiger partial charge in [-0.25, -0.2) is 0 Å². The third-order valence-corrected chi connectivity index (χ3v) is 20.7. The van der Waals surface area contributed by atoms with Gasteiger partial charge in [0.2, 0.25) is 0 Å². The fourth-order valence-corrected chi connectivity index (χ4v) is 20.2. The van der Waals surface area contributed by atoms with Crippen molar-refractivity contribution in [2.24, 2.45) is 0 Å². The van der Waals surface area contributed by atoms with Crippen LogP contribution in [-0.2, 0) is 0 Å². The van der Waals surface area contributed by atoms with Crippen LogP contribution in [0.4, 0.5) is 0 Å². The molecular weight excluding hydrogens is 455 g/mol. The fraction of sp³-hybridized carbons (Fsp3) is 0.0714. The van der Waals surface area contributed by atoms with E-state index in [2.05, 4.69) is 121 Å². The average Bonchev–Trinajstić information content (AvgIpc) is 3.23. The van der Waals surface area contributed by atoms with Crippen molar-refractivity contribution in [3.63, 3.8) is 0 Å². The van der Waals surface area contributed by atoms with Gasteiger partial charge in [0.15, 0.2) is 0 Å². The summed E-state index contributed by atoms with van der Waals surface area (Å²) in [6.07, 6.45) is 1.16. The molecule has 0 unspecified atom stereocenters. The summed E-state index contributed by atoms with van der Waals surface area (Å²) in [5, 5.41) is 0. The second kappa shape index (κ2) is 8.04. The zero-order valence-electron chi connectivity index (χ0n) is 16.5. The summed E-state index contributed by atoms with van der Waals surface area (Å²) in [4.78, 5) is 0. The molecule has 0 aromatic heterocycles. The molecule has 0 bridgehead atoms. The maximum atomic E-state index is 2.39. The Hall–Kier alpha value is -2.58. The first-order valence-corrected chi connectivity index (χ1v) is 16.6. The Morgan fingerprint density at radius 2 is 0.862 bits per heavy atom. The summed E-state index contributed by atoms with van der Waals surface area (Å²) in [5.74, 6) is 0. The van der Waals surface area contributed by atoms with Gasteiger partial charge in [0.1, 0.15) is 0 Å². The summed E-state index contributed by atoms with van der Waals surface area (Å²) < 4.78 is 6.11. The Morgan fingerprint density at radius 3 is 1.34 bits per heavy atom. The average molecular weight is 479 g/mol. The van der Waals surface area contributed by atoms with Gasteiger partial charge in [0, 0.05) is 0 Å². The minimum atomic E-state index is -3.13. The Kier molecular flexibility index (Phi) is 5.11. The van der Waals surface area contributed by atoms with Crippen molar-refractivity contribution in [2.75, 3.05) is 0 Å². The molecule has 1 aliphatic rings. The van der Waals surface area contributed by atoms with Crippen LogP contribution in [0.3, 0.4) is 0 Å². The molecule has 0 aliphatic carbocycles. The Balaban J connectivity index is 1.86. The molecule has 4 aromatic carbocycles. The summed E-state index contributed by atoms with van der Waals surface area (Å²) in [6.45, 7) is 0. The number of rotatable bonds is 4. The van der Waals surface area contributed by atoms with Crippen LogP contribution in [-0.4, -0.2) is 18.4 Å². The van der Waals surface area contributed by atoms with Gasteiger partial charge < -0.3 is 0 Å². The SMILES string of the molecule is c1ccc(C2=[C](c3ccccc3)[Sn]([c]3ccccc3)([c]3ccccc3)[CH2]C2)cc1. The van der Waals surface area contributed by atoms with Crippen molar-refractivity contribution in [2.45, 2.75) is 10.9 Å². The van der Waals surface area contributed by atoms with E-state index in [9.17, 15) is 0 Å². The summed E-state index contributed by atoms with van der Waals surface area (Å²) in [7, 11) is 0. The molecule has 0 saturated heterocycles. The van der Waals surface area contributed by atoms with Gasteiger partial charge >= 0.3 is 178 Å². The van der Waals surface area contributed by atoms with Gasteiger partial charge in [0.25, 0.3) is 0 Å². The predicted octanol–water partition coefficient (Wildman–Crippen LogP) is 5.80. The molecule has 5 rings (SSSR count). The van der Waals surface area contributed by atoms with Crippen molar-refractivity contribution < 1.29 is 0 Å². The van der Waals surface area contributed by atoms with Crippen LogP contribution in [0, 0.1) is 0 Å². The molecule has 0 nitrogen and oxygen atoms in total. The topological polar surface area (TPSA) is 0 Å². The Morgan fingerprint density at radius 1 is 0.448 bits per heavy atom. The first-order chi connectivity index (χ1) is 14.4. The zero-order chi connectivity index (χ0) is 19.5. The number of allylic oxidation sites excluding steroid dienone is 1. The monoisotopic (exact) mass is 480 g/mol. The van der Waals surface area contributed by atoms with Crippen LogP contribution in [0.25, 0.3) is 9.16 Å². The predicted molar refractivity (Wildman–Crippen MR) is 127 cm³/mol. The molecule has 0 N–H and O–H groups in total. The van der Waals surface area contributed by atoms with E-state index in [1.807, 2.05) is 0 Å². The molecule has 0 spiro atoms. The van der Waals surface area contributed by atoms with Crippen molar-refractivity contribution in [3.05, 3.63) is 132 Å². The number of benzene rings is 4. The third kappa shape index (κ3) is 3.26. The second-order valence-corrected chi connectivity index (χ2v) is 19.0. The molecule has 0 amide bonds. The minimum absolute atomic E-state index is 1.16. The van der Waals surface area contributed by atoms with Gasteiger partial charge in [0.05, 0.1) is 0 Å². The number of hydrogen-bond acceptors (Lipinski definition) is 0. The van der Waals surface area contributed by atoms with E-state index in [0.717, 1.165) is 6.42 Å². The summed E-state index contributed by atoms with van der Waals surface area (Å²) in [6, 6.07) is 44.9. The van der Waals surface area contributed by atoms with E-state index in [-0.39, 0.29) is 0 Å². The first kappa shape index (κ1) is 18.4. The van der Waals surface area contributed by atoms with Crippen LogP contribution >= 0.6 is 0 Å². The van der Waals surface area contributed by atoms with Crippen molar-refractivity contribution >= 4 is 34.7 Å². The quantitative estimate of drug-likeness (QED) is 0.325. The Bertz CT molecular complexity index is 1070. The molecule has 140 valence electrons. The van der Waals surface area contributed by atoms with E-state index in [1.54, 1.807) is 16.3 Å². The van der Waals surface area contributed by atoms with E-state index in [0.29, 0.717) is 0 Å². The van der Waals surface area contributed by atoms with E-state index < -0.39 is 18.4 Å². The van der Waals surface area contributed by atoms with Crippen LogP contribution in [0.1, 0.15) is 17.5 Å². The van der Waals surface area contributed by atoms with Crippen LogP contribution in [0.15, 0.2) is 121 Å². The van der Waals surface area contributed by atoms with Crippen LogP contribution in [0.2, 0.25) is 4.44 Å². The molecule has 4 aromatic rings. The van der Waals surface area contributed by atoms with E-state index in [4.69, 9.17) is 0 Å². The molecule has 1 heterocycles. The molecule has 0 saturated carbocycles. The standard InChI is InChI=1S/C16H14.2C6H5.Sn/c1-2-15(16-11-7-4-8-12-16)13-14-9-5-3-6-10-14;2*1-2-4-6-5-3-1;/h3-12H,1-2H2;2*1-5H;. The van der Waals surface area contributed by atoms with Crippen LogP contribution < -0.4 is 7.16 Å². The van der Waals surface area contributed by atoms with Gasteiger partial charge in [-0.15, -0.1) is 0 Å². The van der Waals surface area contributed by atoms with Gasteiger partial charge in [-0.1, -0.05) is 0 Å². The summed E-state index contributed by atoms with van der Waals surface area (Å²) in [5.41, 5.74) is 4.35. The normalized spacial score (nSPS) is 15.4. The van der Waals surface area contributed by atoms with Crippen molar-refractivity contribution in [1.29, 1.82) is 0 Å². The first-order valence-electron chi connectivity index (χ1n) is 10.3. The molecular formula is C28H24Sn. The van der Waals surface area contributed by atoms with Crippen LogP contribution in [0.5, 0.6) is 0 Å². The molecule has 1 heteroatoms. The Labute approximate surface area is 177 Å². The van der Waals surface area contributed by atoms with Crippen molar-refractivity contribution in [3.8, 4) is 0 Å². The molecule has 0 radical (unpaired) electrons. The summed E-state index contributed by atoms with van der Waals surface area (Å²) >= 11 is -3.13. The van der Waals surface area contributed by atoms with Gasteiger partial charge in [-0.05, 0) is 0 Å². The molecule has 1 aliphatic heterocycles. The molecule has 0 atom stereocenters. The number of hydrogen-bond donors (Lipinski definition) is 0. The molecule has 29 heavy (non-hydrogen) atoms. The zero-order valence-corrected chi connectivity index (χ0v) is 19.3. The van der Waals surface area contributed by atoms with Gasteiger partial charge in [-0.2, -0.15) is 0 Å².